The summed E-state index contributed by atoms with van der Waals surface area (Å²) in [5, 5.41) is 0. The minimum atomic E-state index is -0.559. The van der Waals surface area contributed by atoms with E-state index in [1.54, 1.807) is 23.3 Å². The SMILES string of the molecule is COc1ccc(COCCCN(CCOc2ccc(-c3ccc(I)s3)cc2)C(=O)OC(C)(C)C)cc1. The molecule has 0 atom stereocenters. The number of rotatable bonds is 12. The van der Waals surface area contributed by atoms with Crippen molar-refractivity contribution in [2.45, 2.75) is 39.4 Å². The number of thiophene rings is 1. The molecular weight excluding hydrogens is 589 g/mol. The molecule has 2 aromatic carbocycles. The van der Waals surface area contributed by atoms with Crippen molar-refractivity contribution >= 4 is 40.0 Å². The summed E-state index contributed by atoms with van der Waals surface area (Å²) in [5.41, 5.74) is 1.68. The largest absolute Gasteiger partial charge is 0.497 e. The van der Waals surface area contributed by atoms with Crippen LogP contribution in [0, 0.1) is 2.88 Å². The minimum Gasteiger partial charge on any atom is -0.497 e. The van der Waals surface area contributed by atoms with Gasteiger partial charge in [0.15, 0.2) is 0 Å². The van der Waals surface area contributed by atoms with E-state index in [1.165, 1.54) is 13.3 Å². The maximum Gasteiger partial charge on any atom is 0.410 e. The number of hydrogen-bond donors (Lipinski definition) is 0. The first-order chi connectivity index (χ1) is 17.2. The molecule has 6 nitrogen and oxygen atoms in total. The van der Waals surface area contributed by atoms with Gasteiger partial charge in [-0.1, -0.05) is 12.1 Å². The minimum absolute atomic E-state index is 0.344. The third-order valence-electron chi connectivity index (χ3n) is 5.14. The summed E-state index contributed by atoms with van der Waals surface area (Å²) in [6.45, 7) is 7.99. The summed E-state index contributed by atoms with van der Waals surface area (Å²) in [7, 11) is 1.65. The van der Waals surface area contributed by atoms with Crippen LogP contribution >= 0.6 is 33.9 Å². The molecule has 0 saturated carbocycles. The molecule has 0 unspecified atom stereocenters. The normalized spacial score (nSPS) is 11.2. The summed E-state index contributed by atoms with van der Waals surface area (Å²) in [6.07, 6.45) is 0.355. The summed E-state index contributed by atoms with van der Waals surface area (Å²) in [4.78, 5) is 15.7. The van der Waals surface area contributed by atoms with E-state index < -0.39 is 5.60 Å². The number of carbonyl (C=O) groups is 1. The van der Waals surface area contributed by atoms with Crippen molar-refractivity contribution in [1.29, 1.82) is 0 Å². The Hall–Kier alpha value is -2.30. The van der Waals surface area contributed by atoms with Crippen molar-refractivity contribution in [3.05, 3.63) is 69.1 Å². The fourth-order valence-electron chi connectivity index (χ4n) is 3.35. The molecule has 8 heteroatoms. The van der Waals surface area contributed by atoms with Crippen molar-refractivity contribution in [2.24, 2.45) is 0 Å². The van der Waals surface area contributed by atoms with Crippen LogP contribution in [0.4, 0.5) is 4.79 Å². The number of amides is 1. The molecular formula is C28H34INO5S. The van der Waals surface area contributed by atoms with Crippen LogP contribution < -0.4 is 9.47 Å². The van der Waals surface area contributed by atoms with Crippen LogP contribution in [0.2, 0.25) is 0 Å². The number of carbonyl (C=O) groups excluding carboxylic acids is 1. The lowest BCUT2D eigenvalue weighted by Crippen LogP contribution is -2.40. The van der Waals surface area contributed by atoms with Gasteiger partial charge in [0.2, 0.25) is 0 Å². The van der Waals surface area contributed by atoms with Crippen LogP contribution in [0.3, 0.4) is 0 Å². The molecule has 1 heterocycles. The molecule has 3 rings (SSSR count). The number of halogens is 1. The number of ether oxygens (including phenoxy) is 4. The van der Waals surface area contributed by atoms with Crippen LogP contribution in [0.15, 0.2) is 60.7 Å². The van der Waals surface area contributed by atoms with Crippen LogP contribution in [0.5, 0.6) is 11.5 Å². The fourth-order valence-corrected chi connectivity index (χ4v) is 4.98. The van der Waals surface area contributed by atoms with E-state index in [0.29, 0.717) is 39.3 Å². The number of methoxy groups -OCH3 is 1. The van der Waals surface area contributed by atoms with E-state index in [-0.39, 0.29) is 6.09 Å². The highest BCUT2D eigenvalue weighted by Gasteiger charge is 2.22. The quantitative estimate of drug-likeness (QED) is 0.157. The highest BCUT2D eigenvalue weighted by Crippen LogP contribution is 2.30. The van der Waals surface area contributed by atoms with Gasteiger partial charge in [0.05, 0.1) is 23.1 Å². The molecule has 0 fully saturated rings. The smallest absolute Gasteiger partial charge is 0.410 e. The highest BCUT2D eigenvalue weighted by atomic mass is 127. The fraction of sp³-hybridized carbons (Fsp3) is 0.393. The summed E-state index contributed by atoms with van der Waals surface area (Å²) >= 11 is 4.09. The van der Waals surface area contributed by atoms with Gasteiger partial charge < -0.3 is 23.8 Å². The van der Waals surface area contributed by atoms with Crippen molar-refractivity contribution in [2.75, 3.05) is 33.4 Å². The van der Waals surface area contributed by atoms with Gasteiger partial charge in [-0.3, -0.25) is 0 Å². The Morgan fingerprint density at radius 1 is 0.917 bits per heavy atom. The van der Waals surface area contributed by atoms with Gasteiger partial charge in [0.1, 0.15) is 23.7 Å². The second kappa shape index (κ2) is 13.9. The first kappa shape index (κ1) is 28.3. The molecule has 1 aromatic heterocycles. The summed E-state index contributed by atoms with van der Waals surface area (Å²) < 4.78 is 23.8. The zero-order valence-electron chi connectivity index (χ0n) is 21.3. The predicted octanol–water partition coefficient (Wildman–Crippen LogP) is 7.25. The van der Waals surface area contributed by atoms with E-state index >= 15 is 0 Å². The Kier molecular flexibility index (Phi) is 10.9. The molecule has 0 bridgehead atoms. The molecule has 0 aliphatic carbocycles. The Morgan fingerprint density at radius 3 is 2.22 bits per heavy atom. The zero-order valence-corrected chi connectivity index (χ0v) is 24.3. The summed E-state index contributed by atoms with van der Waals surface area (Å²) in [6, 6.07) is 20.1. The van der Waals surface area contributed by atoms with E-state index in [1.807, 2.05) is 57.2 Å². The van der Waals surface area contributed by atoms with Crippen LogP contribution in [-0.2, 0) is 16.1 Å². The topological polar surface area (TPSA) is 57.2 Å². The first-order valence-electron chi connectivity index (χ1n) is 11.9. The van der Waals surface area contributed by atoms with Gasteiger partial charge in [-0.2, -0.15) is 0 Å². The predicted molar refractivity (Wildman–Crippen MR) is 153 cm³/mol. The standard InChI is InChI=1S/C28H34INO5S/c1-28(2,3)35-27(31)30(16-5-18-33-20-21-6-10-23(32-4)11-7-21)17-19-34-24-12-8-22(9-13-24)25-14-15-26(29)36-25/h6-15H,5,16-20H2,1-4H3. The second-order valence-corrected chi connectivity index (χ2v) is 12.2. The van der Waals surface area contributed by atoms with Crippen molar-refractivity contribution in [1.82, 2.24) is 4.90 Å². The number of hydrogen-bond acceptors (Lipinski definition) is 6. The number of nitrogens with zero attached hydrogens (tertiary/aromatic N) is 1. The van der Waals surface area contributed by atoms with Gasteiger partial charge in [0.25, 0.3) is 0 Å². The van der Waals surface area contributed by atoms with Gasteiger partial charge in [-0.15, -0.1) is 11.3 Å². The van der Waals surface area contributed by atoms with E-state index in [9.17, 15) is 4.79 Å². The number of benzene rings is 2. The van der Waals surface area contributed by atoms with E-state index in [2.05, 4.69) is 46.9 Å². The third kappa shape index (κ3) is 9.63. The van der Waals surface area contributed by atoms with E-state index in [4.69, 9.17) is 18.9 Å². The second-order valence-electron chi connectivity index (χ2n) is 9.20. The monoisotopic (exact) mass is 623 g/mol. The average molecular weight is 624 g/mol. The molecule has 0 radical (unpaired) electrons. The molecule has 36 heavy (non-hydrogen) atoms. The Labute approximate surface area is 231 Å². The highest BCUT2D eigenvalue weighted by molar-refractivity contribution is 14.1. The lowest BCUT2D eigenvalue weighted by Gasteiger charge is -2.27. The molecule has 1 amide bonds. The maximum atomic E-state index is 12.7. The molecule has 0 saturated heterocycles. The molecule has 194 valence electrons. The molecule has 0 aliphatic heterocycles. The van der Waals surface area contributed by atoms with E-state index in [0.717, 1.165) is 17.1 Å². The lowest BCUT2D eigenvalue weighted by molar-refractivity contribution is 0.0201. The molecule has 0 aliphatic rings. The maximum absolute atomic E-state index is 12.7. The lowest BCUT2D eigenvalue weighted by atomic mass is 10.2. The van der Waals surface area contributed by atoms with Crippen LogP contribution in [0.1, 0.15) is 32.8 Å². The Morgan fingerprint density at radius 2 is 1.61 bits per heavy atom. The molecule has 0 N–H and O–H groups in total. The summed E-state index contributed by atoms with van der Waals surface area (Å²) in [5.74, 6) is 1.60. The average Bonchev–Trinajstić information content (AvgIpc) is 3.28. The van der Waals surface area contributed by atoms with Crippen LogP contribution in [-0.4, -0.2) is 50.0 Å². The molecule has 0 spiro atoms. The van der Waals surface area contributed by atoms with Crippen molar-refractivity contribution in [3.8, 4) is 21.9 Å². The van der Waals surface area contributed by atoms with Crippen molar-refractivity contribution in [3.63, 3.8) is 0 Å². The van der Waals surface area contributed by atoms with Gasteiger partial charge >= 0.3 is 6.09 Å². The molecule has 3 aromatic rings. The zero-order chi connectivity index (χ0) is 26.0. The van der Waals surface area contributed by atoms with Gasteiger partial charge in [-0.05, 0) is 109 Å². The third-order valence-corrected chi connectivity index (χ3v) is 7.08. The first-order valence-corrected chi connectivity index (χ1v) is 13.8. The van der Waals surface area contributed by atoms with Crippen molar-refractivity contribution < 1.29 is 23.7 Å². The van der Waals surface area contributed by atoms with Gasteiger partial charge in [0, 0.05) is 18.0 Å². The Bertz CT molecular complexity index is 1080. The van der Waals surface area contributed by atoms with Crippen LogP contribution in [0.25, 0.3) is 10.4 Å². The van der Waals surface area contributed by atoms with Gasteiger partial charge in [-0.25, -0.2) is 4.79 Å². The Balaban J connectivity index is 1.46.